The van der Waals surface area contributed by atoms with Gasteiger partial charge in [0.2, 0.25) is 30.4 Å². The SMILES string of the molecule is CCCCCC(=O)NC(Cc1ccc(OCOC(=O)c2ccncc2)cc1)C(=O)NC(C(=O)NC1(C)CC1(C)C(N)=O)C(C)CC. The molecule has 1 heterocycles. The largest absolute Gasteiger partial charge is 0.457 e. The standard InChI is InChI=1S/C34H47N5O7/c1-6-8-9-10-27(40)37-26(19-23-11-13-25(14-12-23)45-21-46-31(43)24-15-17-36-18-16-24)29(41)38-28(22(3)7-2)30(42)39-34(5)20-33(34,4)32(35)44/h11-18,22,26,28H,6-10,19-21H2,1-5H3,(H2,35,44)(H,37,40)(H,38,41)(H,39,42). The molecule has 12 nitrogen and oxygen atoms in total. The van der Waals surface area contributed by atoms with E-state index in [9.17, 15) is 24.0 Å². The summed E-state index contributed by atoms with van der Waals surface area (Å²) < 4.78 is 10.7. The summed E-state index contributed by atoms with van der Waals surface area (Å²) in [5, 5.41) is 8.66. The van der Waals surface area contributed by atoms with E-state index in [1.54, 1.807) is 38.1 Å². The van der Waals surface area contributed by atoms with Gasteiger partial charge in [0, 0.05) is 25.2 Å². The number of nitrogens with two attached hydrogens (primary N) is 1. The maximum atomic E-state index is 13.7. The molecule has 0 bridgehead atoms. The lowest BCUT2D eigenvalue weighted by Gasteiger charge is -2.29. The van der Waals surface area contributed by atoms with Gasteiger partial charge in [-0.15, -0.1) is 0 Å². The third-order valence-corrected chi connectivity index (χ3v) is 8.89. The minimum absolute atomic E-state index is 0.162. The number of ether oxygens (including phenoxy) is 2. The fourth-order valence-electron chi connectivity index (χ4n) is 5.20. The number of amides is 4. The molecule has 1 aromatic heterocycles. The first kappa shape index (κ1) is 36.0. The van der Waals surface area contributed by atoms with Gasteiger partial charge in [0.05, 0.1) is 16.5 Å². The van der Waals surface area contributed by atoms with Crippen LogP contribution in [-0.4, -0.2) is 59.0 Å². The molecule has 0 radical (unpaired) electrons. The van der Waals surface area contributed by atoms with Crippen LogP contribution in [0.2, 0.25) is 0 Å². The molecular formula is C34H47N5O7. The smallest absolute Gasteiger partial charge is 0.341 e. The molecule has 1 fully saturated rings. The van der Waals surface area contributed by atoms with E-state index >= 15 is 0 Å². The normalized spacial score (nSPS) is 20.4. The molecule has 5 N–H and O–H groups in total. The Morgan fingerprint density at radius 3 is 2.22 bits per heavy atom. The molecule has 12 heteroatoms. The molecule has 1 aromatic carbocycles. The summed E-state index contributed by atoms with van der Waals surface area (Å²) in [5.74, 6) is -1.97. The first-order valence-electron chi connectivity index (χ1n) is 15.8. The third-order valence-electron chi connectivity index (χ3n) is 8.89. The number of pyridine rings is 1. The maximum Gasteiger partial charge on any atom is 0.341 e. The second-order valence-electron chi connectivity index (χ2n) is 12.4. The number of unbranched alkanes of at least 4 members (excludes halogenated alkanes) is 2. The van der Waals surface area contributed by atoms with Gasteiger partial charge in [0.15, 0.2) is 0 Å². The number of nitrogens with zero attached hydrogens (tertiary/aromatic N) is 1. The lowest BCUT2D eigenvalue weighted by atomic mass is 9.95. The lowest BCUT2D eigenvalue weighted by molar-refractivity contribution is -0.133. The van der Waals surface area contributed by atoms with Gasteiger partial charge >= 0.3 is 5.97 Å². The average molecular weight is 638 g/mol. The summed E-state index contributed by atoms with van der Waals surface area (Å²) in [6.07, 6.45) is 6.98. The van der Waals surface area contributed by atoms with Crippen molar-refractivity contribution in [2.24, 2.45) is 17.1 Å². The van der Waals surface area contributed by atoms with Crippen molar-refractivity contribution in [3.05, 3.63) is 59.9 Å². The Hall–Kier alpha value is -4.48. The fourth-order valence-corrected chi connectivity index (χ4v) is 5.20. The van der Waals surface area contributed by atoms with Crippen LogP contribution in [0.3, 0.4) is 0 Å². The number of primary amides is 1. The minimum Gasteiger partial charge on any atom is -0.457 e. The van der Waals surface area contributed by atoms with Crippen molar-refractivity contribution in [1.29, 1.82) is 0 Å². The molecule has 0 aliphatic heterocycles. The van der Waals surface area contributed by atoms with Gasteiger partial charge in [-0.3, -0.25) is 24.2 Å². The second-order valence-corrected chi connectivity index (χ2v) is 12.4. The lowest BCUT2D eigenvalue weighted by Crippen LogP contribution is -2.58. The van der Waals surface area contributed by atoms with Crippen molar-refractivity contribution in [2.75, 3.05) is 6.79 Å². The predicted molar refractivity (Wildman–Crippen MR) is 171 cm³/mol. The first-order chi connectivity index (χ1) is 21.8. The molecule has 0 saturated heterocycles. The Balaban J connectivity index is 1.68. The Kier molecular flexibility index (Phi) is 12.7. The van der Waals surface area contributed by atoms with Crippen molar-refractivity contribution in [2.45, 2.75) is 97.2 Å². The first-order valence-corrected chi connectivity index (χ1v) is 15.8. The minimum atomic E-state index is -0.950. The van der Waals surface area contributed by atoms with Crippen LogP contribution in [0, 0.1) is 11.3 Å². The van der Waals surface area contributed by atoms with Gasteiger partial charge in [-0.25, -0.2) is 4.79 Å². The number of esters is 1. The topological polar surface area (TPSA) is 179 Å². The molecule has 4 amide bonds. The maximum absolute atomic E-state index is 13.7. The van der Waals surface area contributed by atoms with Crippen LogP contribution >= 0.6 is 0 Å². The summed E-state index contributed by atoms with van der Waals surface area (Å²) in [6, 6.07) is 8.09. The van der Waals surface area contributed by atoms with Crippen LogP contribution in [0.25, 0.3) is 0 Å². The van der Waals surface area contributed by atoms with Crippen molar-refractivity contribution in [3.63, 3.8) is 0 Å². The van der Waals surface area contributed by atoms with Gasteiger partial charge in [-0.2, -0.15) is 0 Å². The van der Waals surface area contributed by atoms with Gasteiger partial charge in [0.25, 0.3) is 0 Å². The highest BCUT2D eigenvalue weighted by Gasteiger charge is 2.66. The number of carbonyl (C=O) groups is 5. The van der Waals surface area contributed by atoms with Gasteiger partial charge in [-0.1, -0.05) is 52.2 Å². The highest BCUT2D eigenvalue weighted by molar-refractivity contribution is 5.94. The Labute approximate surface area is 270 Å². The molecule has 5 atom stereocenters. The molecule has 0 spiro atoms. The van der Waals surface area contributed by atoms with Crippen LogP contribution in [0.15, 0.2) is 48.8 Å². The number of benzene rings is 1. The van der Waals surface area contributed by atoms with Crippen LogP contribution in [0.1, 0.15) is 89.1 Å². The molecule has 1 aliphatic rings. The monoisotopic (exact) mass is 637 g/mol. The van der Waals surface area contributed by atoms with Crippen LogP contribution in [-0.2, 0) is 30.3 Å². The summed E-state index contributed by atoms with van der Waals surface area (Å²) in [5.41, 5.74) is 4.99. The van der Waals surface area contributed by atoms with Crippen LogP contribution < -0.4 is 26.4 Å². The fraction of sp³-hybridized carbons (Fsp3) is 0.529. The average Bonchev–Trinajstić information content (AvgIpc) is 3.60. The number of hydrogen-bond donors (Lipinski definition) is 4. The summed E-state index contributed by atoms with van der Waals surface area (Å²) >= 11 is 0. The number of aromatic nitrogens is 1. The van der Waals surface area contributed by atoms with Gasteiger partial charge in [-0.05, 0) is 62.4 Å². The molecular weight excluding hydrogens is 590 g/mol. The number of rotatable bonds is 18. The highest BCUT2D eigenvalue weighted by Crippen LogP contribution is 2.55. The van der Waals surface area contributed by atoms with Crippen molar-refractivity contribution in [3.8, 4) is 5.75 Å². The molecule has 1 saturated carbocycles. The summed E-state index contributed by atoms with van der Waals surface area (Å²) in [7, 11) is 0. The zero-order chi connectivity index (χ0) is 33.9. The molecule has 5 unspecified atom stereocenters. The quantitative estimate of drug-likeness (QED) is 0.109. The number of carbonyl (C=O) groups excluding carboxylic acids is 5. The summed E-state index contributed by atoms with van der Waals surface area (Å²) in [4.78, 5) is 67.9. The van der Waals surface area contributed by atoms with E-state index in [-0.39, 0.29) is 31.5 Å². The molecule has 1 aliphatic carbocycles. The van der Waals surface area contributed by atoms with E-state index < -0.39 is 46.7 Å². The van der Waals surface area contributed by atoms with Crippen molar-refractivity contribution >= 4 is 29.6 Å². The van der Waals surface area contributed by atoms with Crippen LogP contribution in [0.5, 0.6) is 5.75 Å². The Morgan fingerprint density at radius 1 is 0.957 bits per heavy atom. The van der Waals surface area contributed by atoms with Crippen molar-refractivity contribution in [1.82, 2.24) is 20.9 Å². The van der Waals surface area contributed by atoms with E-state index in [0.717, 1.165) is 18.4 Å². The predicted octanol–water partition coefficient (Wildman–Crippen LogP) is 3.18. The Morgan fingerprint density at radius 2 is 1.63 bits per heavy atom. The van der Waals surface area contributed by atoms with E-state index in [1.165, 1.54) is 24.5 Å². The number of nitrogens with one attached hydrogen (secondary N) is 3. The highest BCUT2D eigenvalue weighted by atomic mass is 16.7. The second kappa shape index (κ2) is 16.2. The Bertz CT molecular complexity index is 1370. The molecule has 46 heavy (non-hydrogen) atoms. The van der Waals surface area contributed by atoms with Gasteiger partial charge < -0.3 is 31.2 Å². The van der Waals surface area contributed by atoms with Crippen molar-refractivity contribution < 1.29 is 33.4 Å². The van der Waals surface area contributed by atoms with Gasteiger partial charge in [0.1, 0.15) is 17.8 Å². The van der Waals surface area contributed by atoms with E-state index in [4.69, 9.17) is 15.2 Å². The molecule has 250 valence electrons. The summed E-state index contributed by atoms with van der Waals surface area (Å²) in [6.45, 7) is 9.00. The van der Waals surface area contributed by atoms with E-state index in [2.05, 4.69) is 20.9 Å². The zero-order valence-electron chi connectivity index (χ0n) is 27.4. The van der Waals surface area contributed by atoms with E-state index in [1.807, 2.05) is 20.8 Å². The molecule has 2 aromatic rings. The van der Waals surface area contributed by atoms with Crippen LogP contribution in [0.4, 0.5) is 0 Å². The third kappa shape index (κ3) is 9.51. The van der Waals surface area contributed by atoms with E-state index in [0.29, 0.717) is 30.6 Å². The molecule has 3 rings (SSSR count). The zero-order valence-corrected chi connectivity index (χ0v) is 27.4. The number of hydrogen-bond acceptors (Lipinski definition) is 8.